The zero-order valence-electron chi connectivity index (χ0n) is 68.7. The van der Waals surface area contributed by atoms with Gasteiger partial charge in [-0.1, -0.05) is 79.6 Å². The van der Waals surface area contributed by atoms with E-state index in [4.69, 9.17) is 0 Å². The highest BCUT2D eigenvalue weighted by atomic mass is 19.2. The second-order valence-electron chi connectivity index (χ2n) is 32.9. The molecule has 4 aromatic carbocycles. The van der Waals surface area contributed by atoms with E-state index in [-0.39, 0.29) is 136 Å². The second-order valence-corrected chi connectivity index (χ2v) is 32.9. The summed E-state index contributed by atoms with van der Waals surface area (Å²) in [6.45, 7) is 17.6. The molecule has 12 aromatic heterocycles. The summed E-state index contributed by atoms with van der Waals surface area (Å²) in [5, 5.41) is 55.7. The Morgan fingerprint density at radius 2 is 0.722 bits per heavy atom. The summed E-state index contributed by atoms with van der Waals surface area (Å²) in [4.78, 5) is 88.5. The Morgan fingerprint density at radius 1 is 0.357 bits per heavy atom. The maximum absolute atomic E-state index is 14.4. The van der Waals surface area contributed by atoms with Gasteiger partial charge in [0.15, 0.2) is 45.9 Å². The zero-order valence-corrected chi connectivity index (χ0v) is 68.7. The first-order valence-corrected chi connectivity index (χ1v) is 39.6. The van der Waals surface area contributed by atoms with Gasteiger partial charge in [-0.25, -0.2) is 98.7 Å². The second kappa shape index (κ2) is 31.0. The molecule has 0 radical (unpaired) electrons. The Balaban J connectivity index is 0.000000114. The van der Waals surface area contributed by atoms with Crippen molar-refractivity contribution in [2.24, 2.45) is 5.92 Å². The van der Waals surface area contributed by atoms with Crippen LogP contribution in [0.4, 0.5) is 58.4 Å². The van der Waals surface area contributed by atoms with Gasteiger partial charge in [0.1, 0.15) is 92.2 Å². The molecular weight excluding hydrogens is 1640 g/mol. The largest absolute Gasteiger partial charge is 0.310 e. The molecule has 39 heteroatoms. The van der Waals surface area contributed by atoms with Crippen molar-refractivity contribution in [1.82, 2.24) is 115 Å². The van der Waals surface area contributed by atoms with E-state index in [2.05, 4.69) is 117 Å². The number of carbonyl (C=O) groups excluding carboxylic acids is 4. The first kappa shape index (κ1) is 81.8. The third-order valence-electron chi connectivity index (χ3n) is 22.8. The number of nitrogens with zero attached hydrogens (tertiary/aromatic N) is 23. The number of fused-ring (bicyclic) bond motifs is 8. The van der Waals surface area contributed by atoms with Crippen molar-refractivity contribution >= 4 is 91.0 Å². The smallest absolute Gasteiger partial charge is 0.237 e. The number of amides is 4. The van der Waals surface area contributed by atoms with Gasteiger partial charge in [0, 0.05) is 34.0 Å². The number of rotatable bonds is 14. The van der Waals surface area contributed by atoms with Crippen LogP contribution in [0.5, 0.6) is 0 Å². The van der Waals surface area contributed by atoms with Crippen LogP contribution in [0.25, 0.3) is 90.2 Å². The monoisotopic (exact) mass is 1710 g/mol. The number of benzene rings is 4. The Bertz CT molecular complexity index is 7060. The maximum atomic E-state index is 14.4. The Labute approximate surface area is 708 Å². The summed E-state index contributed by atoms with van der Waals surface area (Å²) in [6.07, 6.45) is 6.66. The van der Waals surface area contributed by atoms with Crippen LogP contribution in [-0.2, 0) is 67.0 Å². The van der Waals surface area contributed by atoms with Gasteiger partial charge in [-0.2, -0.15) is 20.4 Å². The van der Waals surface area contributed by atoms with Gasteiger partial charge in [-0.15, -0.1) is 30.6 Å². The van der Waals surface area contributed by atoms with Gasteiger partial charge < -0.3 is 21.3 Å². The summed E-state index contributed by atoms with van der Waals surface area (Å²) in [5.41, 5.74) is 4.19. The lowest BCUT2D eigenvalue weighted by atomic mass is 9.82. The molecule has 0 spiro atoms. The highest BCUT2D eigenvalue weighted by Gasteiger charge is 2.50. The number of aromatic nitrogens is 23. The third kappa shape index (κ3) is 14.7. The molecule has 16 heterocycles. The molecular formula is C87H71F8N27O4. The summed E-state index contributed by atoms with van der Waals surface area (Å²) >= 11 is 0. The topological polar surface area (TPSA) is 381 Å². The Kier molecular flexibility index (Phi) is 20.1. The van der Waals surface area contributed by atoms with Crippen molar-refractivity contribution in [3.8, 4) is 46.1 Å². The van der Waals surface area contributed by atoms with Crippen molar-refractivity contribution < 1.29 is 54.3 Å². The first-order valence-electron chi connectivity index (χ1n) is 39.6. The van der Waals surface area contributed by atoms with Crippen LogP contribution in [0, 0.1) is 73.2 Å². The van der Waals surface area contributed by atoms with E-state index < -0.39 is 44.9 Å². The average Bonchev–Trinajstić information content (AvgIpc) is 1.59. The molecule has 0 saturated heterocycles. The van der Waals surface area contributed by atoms with Crippen LogP contribution in [0.15, 0.2) is 134 Å². The molecule has 5 aliphatic rings. The molecule has 126 heavy (non-hydrogen) atoms. The number of hydrogen-bond acceptors (Lipinski definition) is 23. The first-order chi connectivity index (χ1) is 60.2. The van der Waals surface area contributed by atoms with Crippen LogP contribution in [0.1, 0.15) is 130 Å². The molecule has 1 aliphatic carbocycles. The van der Waals surface area contributed by atoms with Crippen LogP contribution < -0.4 is 21.3 Å². The predicted molar refractivity (Wildman–Crippen MR) is 442 cm³/mol. The number of hydrogen-bond donors (Lipinski definition) is 4. The van der Waals surface area contributed by atoms with Crippen molar-refractivity contribution in [2.75, 3.05) is 21.3 Å². The molecule has 1 unspecified atom stereocenters. The van der Waals surface area contributed by atoms with E-state index in [1.54, 1.807) is 135 Å². The summed E-state index contributed by atoms with van der Waals surface area (Å²) < 4.78 is 120. The third-order valence-corrected chi connectivity index (χ3v) is 22.8. The SMILES string of the molecule is CC1(CC2CC2)C(=O)Nc2nc(-c3nn(Cc4ccccc4F)c4ncc(F)cc34)nnc21.Cc1ccc(Cn2nc(-c3nnc4c(n3)NC(=O)C4(C)C)c3cc(F)cnc32)c(F)c1.Cc1nc2c(cc1F)c(-c1ncc3c(n1)NC(=O)C3(C)C)nn2Cc1ccccc1F.Cc1nc2c(cc1F)c(-c1nnc3c(n1)NC(=O)C3(C)C)nn2Cc1ccccc1F. The zero-order chi connectivity index (χ0) is 88.5. The molecule has 1 atom stereocenters. The van der Waals surface area contributed by atoms with Crippen LogP contribution in [0.2, 0.25) is 0 Å². The van der Waals surface area contributed by atoms with E-state index in [9.17, 15) is 54.3 Å². The number of halogens is 8. The summed E-state index contributed by atoms with van der Waals surface area (Å²) in [5.74, 6) is -1.99. The molecule has 634 valence electrons. The molecule has 31 nitrogen and oxygen atoms in total. The van der Waals surface area contributed by atoms with Gasteiger partial charge in [0.25, 0.3) is 0 Å². The van der Waals surface area contributed by atoms with Gasteiger partial charge in [0.2, 0.25) is 41.1 Å². The number of pyridine rings is 4. The quantitative estimate of drug-likeness (QED) is 0.0735. The molecule has 1 saturated carbocycles. The maximum Gasteiger partial charge on any atom is 0.237 e. The fourth-order valence-electron chi connectivity index (χ4n) is 15.2. The molecule has 4 aliphatic heterocycles. The fraction of sp³-hybridized carbons (Fsp3) is 0.253. The molecule has 21 rings (SSSR count). The van der Waals surface area contributed by atoms with Crippen LogP contribution >= 0.6 is 0 Å². The van der Waals surface area contributed by atoms with Gasteiger partial charge in [-0.3, -0.25) is 19.2 Å². The van der Waals surface area contributed by atoms with E-state index in [0.717, 1.165) is 30.8 Å². The van der Waals surface area contributed by atoms with E-state index in [1.165, 1.54) is 67.3 Å². The lowest BCUT2D eigenvalue weighted by molar-refractivity contribution is -0.121. The minimum Gasteiger partial charge on any atom is -0.310 e. The van der Waals surface area contributed by atoms with Crippen LogP contribution in [-0.4, -0.2) is 138 Å². The molecule has 16 aromatic rings. The van der Waals surface area contributed by atoms with Crippen molar-refractivity contribution in [2.45, 2.75) is 136 Å². The Hall–Kier alpha value is -15.2. The average molecular weight is 1710 g/mol. The molecule has 1 fully saturated rings. The van der Waals surface area contributed by atoms with E-state index in [1.807, 2.05) is 6.92 Å². The van der Waals surface area contributed by atoms with Crippen LogP contribution in [0.3, 0.4) is 0 Å². The minimum absolute atomic E-state index is 0.0867. The minimum atomic E-state index is -0.856. The summed E-state index contributed by atoms with van der Waals surface area (Å²) in [7, 11) is 0. The van der Waals surface area contributed by atoms with Gasteiger partial charge in [0.05, 0.1) is 93.2 Å². The molecule has 4 amide bonds. The number of anilines is 4. The normalized spacial score (nSPS) is 16.0. The van der Waals surface area contributed by atoms with Crippen molar-refractivity contribution in [3.63, 3.8) is 0 Å². The summed E-state index contributed by atoms with van der Waals surface area (Å²) in [6, 6.07) is 29.1. The van der Waals surface area contributed by atoms with E-state index >= 15 is 0 Å². The number of carbonyl (C=O) groups is 4. The Morgan fingerprint density at radius 3 is 1.15 bits per heavy atom. The van der Waals surface area contributed by atoms with Gasteiger partial charge in [-0.05, 0) is 136 Å². The highest BCUT2D eigenvalue weighted by Crippen LogP contribution is 2.47. The lowest BCUT2D eigenvalue weighted by Gasteiger charge is -2.19. The predicted octanol–water partition coefficient (Wildman–Crippen LogP) is 13.7. The van der Waals surface area contributed by atoms with E-state index in [0.29, 0.717) is 119 Å². The molecule has 4 N–H and O–H groups in total. The lowest BCUT2D eigenvalue weighted by Crippen LogP contribution is -2.32. The van der Waals surface area contributed by atoms with Gasteiger partial charge >= 0.3 is 0 Å². The number of aryl methyl sites for hydroxylation is 3. The fourth-order valence-corrected chi connectivity index (χ4v) is 15.2. The standard InChI is InChI=1S/C23H19F2N7O.C22H18F2N6O.2C21H17F2N7O/c1-23(9-12-6-7-12)18-20(28-22(23)33)27-19(30-29-18)17-15-8-14(24)10-26-21(15)32(31-17)11-13-4-2-3-5-16(13)25;1-11-16(24)8-13-17(19-25-9-14-18(27-19)28-21(31)22(14,2)3)29-30(20(13)26-11)10-12-6-4-5-7-15(12)23;1-10-4-5-11(14(23)6-10)9-30-19-13(7-12(22)8-24-19)15(29-30)17-25-18-16(27-28-17)21(2,3)20(31)26-18;1-10-14(23)8-12-15(17-25-18-16(27-28-17)21(2,3)20(31)26-18)29-30(19(12)24-10)9-11-6-4-5-7-13(11)22/h2-5,8,10,12H,6-7,9,11H2,1H3,(H,27,28,30,33);4-9H,10H2,1-3H3,(H,25,27,28,31);2*4-8H,9H2,1-3H3,(H,25,26,28,31). The van der Waals surface area contributed by atoms with Crippen molar-refractivity contribution in [1.29, 1.82) is 0 Å². The van der Waals surface area contributed by atoms with Crippen molar-refractivity contribution in [3.05, 3.63) is 242 Å². The highest BCUT2D eigenvalue weighted by molar-refractivity contribution is 6.07. The molecule has 0 bridgehead atoms. The number of nitrogens with one attached hydrogen (secondary N) is 4.